The van der Waals surface area contributed by atoms with Gasteiger partial charge in [-0.1, -0.05) is 19.8 Å². The lowest BCUT2D eigenvalue weighted by molar-refractivity contribution is -0.123. The molecule has 0 aromatic carbocycles. The van der Waals surface area contributed by atoms with E-state index in [9.17, 15) is 4.79 Å². The minimum atomic E-state index is 0.0638. The van der Waals surface area contributed by atoms with Crippen molar-refractivity contribution in [1.82, 2.24) is 5.43 Å². The first-order valence-electron chi connectivity index (χ1n) is 7.00. The normalized spacial score (nSPS) is 33.2. The predicted molar refractivity (Wildman–Crippen MR) is 72.7 cm³/mol. The molecule has 2 fully saturated rings. The molecule has 19 heavy (non-hydrogen) atoms. The average molecular weight is 260 g/mol. The predicted octanol–water partition coefficient (Wildman–Crippen LogP) is 2.86. The highest BCUT2D eigenvalue weighted by atomic mass is 16.3. The van der Waals surface area contributed by atoms with E-state index in [1.165, 1.54) is 25.7 Å². The number of nitrogens with one attached hydrogen (secondary N) is 1. The van der Waals surface area contributed by atoms with Gasteiger partial charge in [0.25, 0.3) is 0 Å². The van der Waals surface area contributed by atoms with Gasteiger partial charge in [0.1, 0.15) is 11.5 Å². The fourth-order valence-corrected chi connectivity index (χ4v) is 3.60. The molecule has 4 nitrogen and oxygen atoms in total. The Morgan fingerprint density at radius 3 is 3.00 bits per heavy atom. The van der Waals surface area contributed by atoms with E-state index in [0.29, 0.717) is 11.7 Å². The van der Waals surface area contributed by atoms with Crippen molar-refractivity contribution in [3.05, 3.63) is 23.7 Å². The number of aryl methyl sites for hydroxylation is 1. The van der Waals surface area contributed by atoms with Crippen LogP contribution in [0.5, 0.6) is 0 Å². The highest BCUT2D eigenvalue weighted by Gasteiger charge is 2.64. The van der Waals surface area contributed by atoms with Gasteiger partial charge in [-0.25, -0.2) is 5.43 Å². The van der Waals surface area contributed by atoms with Gasteiger partial charge in [0, 0.05) is 5.92 Å². The van der Waals surface area contributed by atoms with Gasteiger partial charge in [0.05, 0.1) is 6.21 Å². The molecule has 1 heterocycles. The second-order valence-corrected chi connectivity index (χ2v) is 6.02. The summed E-state index contributed by atoms with van der Waals surface area (Å²) >= 11 is 0. The van der Waals surface area contributed by atoms with Crippen LogP contribution in [0.3, 0.4) is 0 Å². The van der Waals surface area contributed by atoms with E-state index in [1.807, 2.05) is 19.1 Å². The van der Waals surface area contributed by atoms with Crippen molar-refractivity contribution in [1.29, 1.82) is 0 Å². The summed E-state index contributed by atoms with van der Waals surface area (Å²) in [7, 11) is 0. The molecule has 0 saturated heterocycles. The zero-order valence-electron chi connectivity index (χ0n) is 11.5. The van der Waals surface area contributed by atoms with Crippen molar-refractivity contribution >= 4 is 12.1 Å². The van der Waals surface area contributed by atoms with Crippen LogP contribution in [0.1, 0.15) is 44.1 Å². The first-order chi connectivity index (χ1) is 9.11. The lowest BCUT2D eigenvalue weighted by Crippen LogP contribution is -2.22. The van der Waals surface area contributed by atoms with Gasteiger partial charge in [0.2, 0.25) is 5.91 Å². The van der Waals surface area contributed by atoms with Crippen LogP contribution >= 0.6 is 0 Å². The summed E-state index contributed by atoms with van der Waals surface area (Å²) < 4.78 is 5.36. The number of carbonyl (C=O) groups excluding carboxylic acids is 1. The molecule has 1 N–H and O–H groups in total. The number of hydrogen-bond donors (Lipinski definition) is 1. The number of carbonyl (C=O) groups is 1. The van der Waals surface area contributed by atoms with Crippen LogP contribution < -0.4 is 5.43 Å². The minimum absolute atomic E-state index is 0.0638. The summed E-state index contributed by atoms with van der Waals surface area (Å²) in [5.41, 5.74) is 2.89. The van der Waals surface area contributed by atoms with Crippen LogP contribution in [0.4, 0.5) is 0 Å². The molecule has 0 spiro atoms. The van der Waals surface area contributed by atoms with Gasteiger partial charge in [0.15, 0.2) is 0 Å². The van der Waals surface area contributed by atoms with Crippen molar-refractivity contribution in [2.24, 2.45) is 22.4 Å². The van der Waals surface area contributed by atoms with E-state index >= 15 is 0 Å². The minimum Gasteiger partial charge on any atom is -0.460 e. The number of fused-ring (bicyclic) bond motifs is 1. The third-order valence-corrected chi connectivity index (χ3v) is 4.74. The molecule has 1 amide bonds. The Morgan fingerprint density at radius 1 is 1.53 bits per heavy atom. The van der Waals surface area contributed by atoms with Crippen LogP contribution in [0.15, 0.2) is 21.7 Å². The molecule has 3 rings (SSSR count). The topological polar surface area (TPSA) is 54.6 Å². The molecule has 4 heteroatoms. The van der Waals surface area contributed by atoms with E-state index in [0.717, 1.165) is 5.76 Å². The molecule has 1 aromatic rings. The number of amides is 1. The number of nitrogens with zero attached hydrogens (tertiary/aromatic N) is 1. The summed E-state index contributed by atoms with van der Waals surface area (Å²) in [6, 6.07) is 3.71. The van der Waals surface area contributed by atoms with Crippen LogP contribution in [0.25, 0.3) is 0 Å². The molecule has 2 aliphatic rings. The molecular weight excluding hydrogens is 240 g/mol. The molecule has 0 bridgehead atoms. The Kier molecular flexibility index (Phi) is 2.96. The number of rotatable bonds is 3. The Balaban J connectivity index is 1.56. The van der Waals surface area contributed by atoms with Gasteiger partial charge in [-0.15, -0.1) is 0 Å². The zero-order chi connectivity index (χ0) is 13.5. The fraction of sp³-hybridized carbons (Fsp3) is 0.600. The van der Waals surface area contributed by atoms with Crippen molar-refractivity contribution < 1.29 is 9.21 Å². The molecule has 0 radical (unpaired) electrons. The fourth-order valence-electron chi connectivity index (χ4n) is 3.60. The van der Waals surface area contributed by atoms with Gasteiger partial charge in [-0.05, 0) is 43.2 Å². The van der Waals surface area contributed by atoms with Crippen LogP contribution in [0.2, 0.25) is 0 Å². The molecule has 0 aliphatic heterocycles. The smallest absolute Gasteiger partial charge is 0.244 e. The summed E-state index contributed by atoms with van der Waals surface area (Å²) in [6.07, 6.45) is 6.44. The number of hydrogen-bond acceptors (Lipinski definition) is 3. The molecule has 2 aliphatic carbocycles. The molecular formula is C15H20N2O2. The summed E-state index contributed by atoms with van der Waals surface area (Å²) in [5, 5.41) is 3.99. The number of hydrazone groups is 1. The van der Waals surface area contributed by atoms with Crippen molar-refractivity contribution in [3.8, 4) is 0 Å². The third kappa shape index (κ3) is 2.20. The first-order valence-corrected chi connectivity index (χ1v) is 7.00. The Labute approximate surface area is 113 Å². The first kappa shape index (κ1) is 12.5. The SMILES string of the molecule is Cc1ccc(C=NNC(=O)[C@@H]2[C@@H]3CCCC[C@@]23C)o1. The van der Waals surface area contributed by atoms with E-state index in [2.05, 4.69) is 17.5 Å². The van der Waals surface area contributed by atoms with Crippen LogP contribution in [0, 0.1) is 24.2 Å². The van der Waals surface area contributed by atoms with Gasteiger partial charge >= 0.3 is 0 Å². The van der Waals surface area contributed by atoms with Gasteiger partial charge in [-0.2, -0.15) is 5.10 Å². The largest absolute Gasteiger partial charge is 0.460 e. The molecule has 102 valence electrons. The molecule has 0 unspecified atom stereocenters. The second kappa shape index (κ2) is 4.51. The maximum absolute atomic E-state index is 12.1. The van der Waals surface area contributed by atoms with E-state index in [-0.39, 0.29) is 17.2 Å². The average Bonchev–Trinajstić information content (AvgIpc) is 2.81. The maximum Gasteiger partial charge on any atom is 0.244 e. The molecule has 3 atom stereocenters. The van der Waals surface area contributed by atoms with Crippen molar-refractivity contribution in [2.75, 3.05) is 0 Å². The summed E-state index contributed by atoms with van der Waals surface area (Å²) in [6.45, 7) is 4.12. The van der Waals surface area contributed by atoms with Crippen molar-refractivity contribution in [2.45, 2.75) is 39.5 Å². The van der Waals surface area contributed by atoms with E-state index < -0.39 is 0 Å². The second-order valence-electron chi connectivity index (χ2n) is 6.02. The zero-order valence-corrected chi connectivity index (χ0v) is 11.5. The van der Waals surface area contributed by atoms with Crippen LogP contribution in [-0.4, -0.2) is 12.1 Å². The van der Waals surface area contributed by atoms with E-state index in [4.69, 9.17) is 4.42 Å². The Morgan fingerprint density at radius 2 is 2.37 bits per heavy atom. The van der Waals surface area contributed by atoms with Gasteiger partial charge < -0.3 is 4.42 Å². The molecule has 1 aromatic heterocycles. The number of furan rings is 1. The summed E-state index contributed by atoms with van der Waals surface area (Å²) in [5.74, 6) is 2.30. The van der Waals surface area contributed by atoms with Crippen molar-refractivity contribution in [3.63, 3.8) is 0 Å². The highest BCUT2D eigenvalue weighted by molar-refractivity contribution is 5.85. The quantitative estimate of drug-likeness (QED) is 0.671. The maximum atomic E-state index is 12.1. The Hall–Kier alpha value is -1.58. The van der Waals surface area contributed by atoms with Gasteiger partial charge in [-0.3, -0.25) is 4.79 Å². The summed E-state index contributed by atoms with van der Waals surface area (Å²) in [4.78, 5) is 12.1. The lowest BCUT2D eigenvalue weighted by atomic mass is 9.90. The van der Waals surface area contributed by atoms with Crippen LogP contribution in [-0.2, 0) is 4.79 Å². The third-order valence-electron chi connectivity index (χ3n) is 4.74. The lowest BCUT2D eigenvalue weighted by Gasteiger charge is -2.15. The highest BCUT2D eigenvalue weighted by Crippen LogP contribution is 2.66. The van der Waals surface area contributed by atoms with E-state index in [1.54, 1.807) is 6.21 Å². The Bertz CT molecular complexity index is 520. The monoisotopic (exact) mass is 260 g/mol. The standard InChI is InChI=1S/C15H20N2O2/c1-10-6-7-11(19-10)9-16-17-14(18)13-12-5-3-4-8-15(12,13)2/h6-7,9,12-13H,3-5,8H2,1-2H3,(H,17,18)/t12-,13-,15+/m0/s1. The molecule has 2 saturated carbocycles.